The molecule has 0 radical (unpaired) electrons. The number of carboxylic acid groups (broad SMARTS) is 1. The van der Waals surface area contributed by atoms with Gasteiger partial charge < -0.3 is 15.3 Å². The second-order valence-corrected chi connectivity index (χ2v) is 9.86. The molecule has 3 aromatic rings. The number of carboxylic acids is 1. The Balaban J connectivity index is 0.000000330. The normalized spacial score (nSPS) is 11.9. The minimum atomic E-state index is -0.833. The van der Waals surface area contributed by atoms with Crippen molar-refractivity contribution in [3.8, 4) is 11.1 Å². The molecular formula is C34H41NO5. The van der Waals surface area contributed by atoms with Gasteiger partial charge in [-0.15, -0.1) is 0 Å². The first-order valence-electron chi connectivity index (χ1n) is 13.9. The van der Waals surface area contributed by atoms with Crippen LogP contribution < -0.4 is 0 Å². The first kappa shape index (κ1) is 32.2. The van der Waals surface area contributed by atoms with Crippen molar-refractivity contribution in [2.24, 2.45) is 0 Å². The maximum atomic E-state index is 12.7. The lowest BCUT2D eigenvalue weighted by molar-refractivity contribution is -0.134. The fourth-order valence-corrected chi connectivity index (χ4v) is 5.36. The Hall–Kier alpha value is -4.06. The van der Waals surface area contributed by atoms with Gasteiger partial charge in [0.15, 0.2) is 0 Å². The summed E-state index contributed by atoms with van der Waals surface area (Å²) in [6, 6.07) is 24.4. The van der Waals surface area contributed by atoms with Gasteiger partial charge in [0.2, 0.25) is 5.78 Å². The summed E-state index contributed by atoms with van der Waals surface area (Å²) < 4.78 is 4.54. The van der Waals surface area contributed by atoms with Gasteiger partial charge in [-0.25, -0.2) is 0 Å². The molecule has 212 valence electrons. The minimum Gasteiger partial charge on any atom is -0.481 e. The van der Waals surface area contributed by atoms with Crippen molar-refractivity contribution in [2.75, 3.05) is 0 Å². The number of benzene rings is 3. The summed E-state index contributed by atoms with van der Waals surface area (Å²) in [5.74, 6) is -0.951. The predicted molar refractivity (Wildman–Crippen MR) is 160 cm³/mol. The van der Waals surface area contributed by atoms with Gasteiger partial charge in [0.1, 0.15) is 6.61 Å². The second kappa shape index (κ2) is 16.1. The zero-order valence-corrected chi connectivity index (χ0v) is 24.0. The lowest BCUT2D eigenvalue weighted by Crippen LogP contribution is -2.25. The van der Waals surface area contributed by atoms with Gasteiger partial charge in [0, 0.05) is 17.9 Å². The molecule has 2 N–H and O–H groups in total. The predicted octanol–water partition coefficient (Wildman–Crippen LogP) is 8.01. The van der Waals surface area contributed by atoms with E-state index >= 15 is 0 Å². The van der Waals surface area contributed by atoms with Crippen LogP contribution in [0.2, 0.25) is 0 Å². The Morgan fingerprint density at radius 3 is 2.00 bits per heavy atom. The number of fused-ring (bicyclic) bond motifs is 3. The lowest BCUT2D eigenvalue weighted by Gasteiger charge is -2.32. The van der Waals surface area contributed by atoms with Gasteiger partial charge in [-0.3, -0.25) is 14.4 Å². The van der Waals surface area contributed by atoms with Crippen LogP contribution in [0, 0.1) is 5.41 Å². The highest BCUT2D eigenvalue weighted by Crippen LogP contribution is 2.53. The van der Waals surface area contributed by atoms with Gasteiger partial charge >= 0.3 is 0 Å². The maximum Gasteiger partial charge on any atom is 0.300 e. The smallest absolute Gasteiger partial charge is 0.300 e. The van der Waals surface area contributed by atoms with Crippen LogP contribution in [0.1, 0.15) is 93.3 Å². The Morgan fingerprint density at radius 2 is 1.43 bits per heavy atom. The fourth-order valence-electron chi connectivity index (χ4n) is 5.36. The minimum absolute atomic E-state index is 0.00133. The quantitative estimate of drug-likeness (QED) is 0.145. The fraction of sp³-hybridized carbons (Fsp3) is 0.353. The Kier molecular flexibility index (Phi) is 13.0. The number of rotatable bonds is 11. The zero-order chi connectivity index (χ0) is 29.5. The molecule has 4 rings (SSSR count). The van der Waals surface area contributed by atoms with E-state index < -0.39 is 5.97 Å². The van der Waals surface area contributed by atoms with Crippen LogP contribution in [0.15, 0.2) is 72.8 Å². The number of nitrogens with one attached hydrogen (secondary N) is 1. The van der Waals surface area contributed by atoms with Crippen LogP contribution in [0.3, 0.4) is 0 Å². The molecule has 3 aromatic carbocycles. The largest absolute Gasteiger partial charge is 0.481 e. The number of ether oxygens (including phenoxy) is 1. The van der Waals surface area contributed by atoms with E-state index in [4.69, 9.17) is 15.3 Å². The summed E-state index contributed by atoms with van der Waals surface area (Å²) in [5.41, 5.74) is 7.18. The second-order valence-electron chi connectivity index (χ2n) is 9.86. The SMILES string of the molecule is CC(=O)O.CCCC(=N)C(=O)c1ccc2c(c1)C(CCC)(CCC)c1ccccc1-2.O=COCc1ccccc1. The van der Waals surface area contributed by atoms with Crippen molar-refractivity contribution in [3.05, 3.63) is 95.1 Å². The number of hydrogen-bond donors (Lipinski definition) is 2. The van der Waals surface area contributed by atoms with Crippen LogP contribution in [0.5, 0.6) is 0 Å². The Morgan fingerprint density at radius 1 is 0.850 bits per heavy atom. The molecule has 6 heteroatoms. The first-order chi connectivity index (χ1) is 19.2. The van der Waals surface area contributed by atoms with Gasteiger partial charge in [0.25, 0.3) is 12.4 Å². The van der Waals surface area contributed by atoms with E-state index in [2.05, 4.69) is 55.0 Å². The number of hydrogen-bond acceptors (Lipinski definition) is 5. The average Bonchev–Trinajstić information content (AvgIpc) is 3.21. The van der Waals surface area contributed by atoms with Crippen molar-refractivity contribution in [2.45, 2.75) is 78.2 Å². The van der Waals surface area contributed by atoms with Crippen LogP contribution in [-0.4, -0.2) is 29.0 Å². The lowest BCUT2D eigenvalue weighted by atomic mass is 9.71. The molecule has 0 spiro atoms. The van der Waals surface area contributed by atoms with E-state index in [9.17, 15) is 9.59 Å². The average molecular weight is 544 g/mol. The molecule has 0 unspecified atom stereocenters. The molecule has 0 atom stereocenters. The molecule has 6 nitrogen and oxygen atoms in total. The highest BCUT2D eigenvalue weighted by Gasteiger charge is 2.41. The number of carbonyl (C=O) groups is 3. The third-order valence-corrected chi connectivity index (χ3v) is 6.82. The van der Waals surface area contributed by atoms with E-state index in [1.807, 2.05) is 43.3 Å². The summed E-state index contributed by atoms with van der Waals surface area (Å²) in [6.45, 7) is 8.39. The Labute approximate surface area is 237 Å². The number of carbonyl (C=O) groups excluding carboxylic acids is 2. The maximum absolute atomic E-state index is 12.7. The van der Waals surface area contributed by atoms with E-state index in [1.165, 1.54) is 22.3 Å². The highest BCUT2D eigenvalue weighted by atomic mass is 16.5. The molecule has 0 saturated heterocycles. The van der Waals surface area contributed by atoms with Crippen molar-refractivity contribution in [3.63, 3.8) is 0 Å². The van der Waals surface area contributed by atoms with E-state index in [-0.39, 0.29) is 16.9 Å². The summed E-state index contributed by atoms with van der Waals surface area (Å²) in [6.07, 6.45) is 5.78. The molecule has 40 heavy (non-hydrogen) atoms. The third kappa shape index (κ3) is 8.22. The number of Topliss-reactive ketones (excluding diaryl/α,β-unsaturated/α-hetero) is 1. The standard InChI is InChI=1S/C24H29NO.C8H8O2.C2H4O2/c1-4-9-22(25)23(26)17-12-13-19-18-10-7-8-11-20(18)24(14-5-2,15-6-3)21(19)16-17;9-7-10-6-8-4-2-1-3-5-8;1-2(3)4/h7-8,10-13,16,25H,4-6,9,14-15H2,1-3H3;1-5,7H,6H2;1H3,(H,3,4). The van der Waals surface area contributed by atoms with Gasteiger partial charge in [-0.2, -0.15) is 0 Å². The molecule has 0 fully saturated rings. The summed E-state index contributed by atoms with van der Waals surface area (Å²) >= 11 is 0. The summed E-state index contributed by atoms with van der Waals surface area (Å²) in [5, 5.41) is 15.5. The zero-order valence-electron chi connectivity index (χ0n) is 24.0. The molecule has 0 aromatic heterocycles. The summed E-state index contributed by atoms with van der Waals surface area (Å²) in [7, 11) is 0. The van der Waals surface area contributed by atoms with Crippen molar-refractivity contribution >= 4 is 23.9 Å². The molecule has 1 aliphatic carbocycles. The third-order valence-electron chi connectivity index (χ3n) is 6.82. The topological polar surface area (TPSA) is 105 Å². The molecule has 1 aliphatic rings. The van der Waals surface area contributed by atoms with E-state index in [0.29, 0.717) is 25.1 Å². The first-order valence-corrected chi connectivity index (χ1v) is 13.9. The van der Waals surface area contributed by atoms with Crippen LogP contribution in [0.25, 0.3) is 11.1 Å². The van der Waals surface area contributed by atoms with Crippen LogP contribution in [-0.2, 0) is 26.3 Å². The van der Waals surface area contributed by atoms with Gasteiger partial charge in [-0.1, -0.05) is 107 Å². The molecule has 0 bridgehead atoms. The molecule has 0 amide bonds. The van der Waals surface area contributed by atoms with Crippen molar-refractivity contribution in [1.82, 2.24) is 0 Å². The molecule has 0 heterocycles. The molecule has 0 saturated carbocycles. The van der Waals surface area contributed by atoms with E-state index in [0.717, 1.165) is 44.6 Å². The molecule has 0 aliphatic heterocycles. The van der Waals surface area contributed by atoms with Gasteiger partial charge in [0.05, 0.1) is 5.71 Å². The van der Waals surface area contributed by atoms with Crippen molar-refractivity contribution in [1.29, 1.82) is 5.41 Å². The van der Waals surface area contributed by atoms with Crippen molar-refractivity contribution < 1.29 is 24.2 Å². The summed E-state index contributed by atoms with van der Waals surface area (Å²) in [4.78, 5) is 31.5. The van der Waals surface area contributed by atoms with Crippen LogP contribution in [0.4, 0.5) is 0 Å². The number of ketones is 1. The monoisotopic (exact) mass is 543 g/mol. The van der Waals surface area contributed by atoms with Crippen LogP contribution >= 0.6 is 0 Å². The molecular weight excluding hydrogens is 502 g/mol. The van der Waals surface area contributed by atoms with Gasteiger partial charge in [-0.05, 0) is 53.1 Å². The highest BCUT2D eigenvalue weighted by molar-refractivity contribution is 6.44. The Bertz CT molecular complexity index is 1270. The number of aliphatic carboxylic acids is 1. The van der Waals surface area contributed by atoms with E-state index in [1.54, 1.807) is 0 Å².